The molecule has 2 heterocycles. The first-order valence-corrected chi connectivity index (χ1v) is 7.39. The molecule has 1 aromatic carbocycles. The van der Waals surface area contributed by atoms with Gasteiger partial charge in [-0.2, -0.15) is 5.10 Å². The van der Waals surface area contributed by atoms with E-state index >= 15 is 0 Å². The van der Waals surface area contributed by atoms with Gasteiger partial charge in [0.15, 0.2) is 0 Å². The van der Waals surface area contributed by atoms with Gasteiger partial charge in [0.2, 0.25) is 0 Å². The monoisotopic (exact) mass is 333 g/mol. The Morgan fingerprint density at radius 3 is 2.90 bits per heavy atom. The average molecular weight is 334 g/mol. The molecular formula is C15H16BrN3O. The number of para-hydroxylation sites is 1. The highest BCUT2D eigenvalue weighted by Gasteiger charge is 2.20. The zero-order valence-corrected chi connectivity index (χ0v) is 13.0. The number of hydrogen-bond acceptors (Lipinski definition) is 3. The summed E-state index contributed by atoms with van der Waals surface area (Å²) >= 11 is 3.53. The molecular weight excluding hydrogens is 318 g/mol. The molecule has 3 aromatic rings. The van der Waals surface area contributed by atoms with Gasteiger partial charge in [-0.3, -0.25) is 4.68 Å². The van der Waals surface area contributed by atoms with Gasteiger partial charge in [-0.1, -0.05) is 19.1 Å². The van der Waals surface area contributed by atoms with Crippen molar-refractivity contribution in [2.45, 2.75) is 13.0 Å². The van der Waals surface area contributed by atoms with Crippen molar-refractivity contribution in [2.75, 3.05) is 6.54 Å². The largest absolute Gasteiger partial charge is 0.458 e. The van der Waals surface area contributed by atoms with Gasteiger partial charge in [0.05, 0.1) is 10.2 Å². The number of hydrogen-bond donors (Lipinski definition) is 1. The second-order valence-corrected chi connectivity index (χ2v) is 5.53. The molecule has 0 fully saturated rings. The summed E-state index contributed by atoms with van der Waals surface area (Å²) in [5.41, 5.74) is 1.97. The van der Waals surface area contributed by atoms with Crippen LogP contribution in [0.15, 0.2) is 45.4 Å². The standard InChI is InChI=1S/C15H16BrN3O/c1-3-17-14(12-7-8-18-19(12)2)13-9-10-5-4-6-11(16)15(10)20-13/h4-9,14,17H,3H2,1-2H3. The molecule has 4 nitrogen and oxygen atoms in total. The van der Waals surface area contributed by atoms with Crippen LogP contribution < -0.4 is 5.32 Å². The van der Waals surface area contributed by atoms with Crippen LogP contribution in [0.25, 0.3) is 11.0 Å². The van der Waals surface area contributed by atoms with Crippen LogP contribution in [0.1, 0.15) is 24.4 Å². The lowest BCUT2D eigenvalue weighted by molar-refractivity contribution is 0.458. The van der Waals surface area contributed by atoms with E-state index < -0.39 is 0 Å². The summed E-state index contributed by atoms with van der Waals surface area (Å²) in [5.74, 6) is 0.900. The Bertz CT molecular complexity index is 732. The van der Waals surface area contributed by atoms with Gasteiger partial charge in [0, 0.05) is 18.6 Å². The van der Waals surface area contributed by atoms with Crippen molar-refractivity contribution in [3.05, 3.63) is 52.5 Å². The molecule has 1 unspecified atom stereocenters. The summed E-state index contributed by atoms with van der Waals surface area (Å²) in [6.45, 7) is 2.94. The third-order valence-electron chi connectivity index (χ3n) is 3.36. The highest BCUT2D eigenvalue weighted by Crippen LogP contribution is 2.31. The summed E-state index contributed by atoms with van der Waals surface area (Å²) in [4.78, 5) is 0. The van der Waals surface area contributed by atoms with Crippen LogP contribution in [0.2, 0.25) is 0 Å². The minimum Gasteiger partial charge on any atom is -0.458 e. The molecule has 0 aliphatic heterocycles. The topological polar surface area (TPSA) is 43.0 Å². The molecule has 0 radical (unpaired) electrons. The van der Waals surface area contributed by atoms with Crippen molar-refractivity contribution in [1.82, 2.24) is 15.1 Å². The molecule has 3 rings (SSSR count). The van der Waals surface area contributed by atoms with Gasteiger partial charge in [0.25, 0.3) is 0 Å². The minimum absolute atomic E-state index is 0.00630. The van der Waals surface area contributed by atoms with E-state index in [9.17, 15) is 0 Å². The molecule has 0 saturated carbocycles. The Kier molecular flexibility index (Phi) is 3.63. The Morgan fingerprint density at radius 2 is 2.25 bits per heavy atom. The minimum atomic E-state index is 0.00630. The average Bonchev–Trinajstić information content (AvgIpc) is 3.03. The molecule has 0 saturated heterocycles. The van der Waals surface area contributed by atoms with Crippen LogP contribution in [0, 0.1) is 0 Å². The normalized spacial score (nSPS) is 12.9. The molecule has 0 bridgehead atoms. The Morgan fingerprint density at radius 1 is 1.40 bits per heavy atom. The van der Waals surface area contributed by atoms with E-state index in [0.29, 0.717) is 0 Å². The molecule has 5 heteroatoms. The van der Waals surface area contributed by atoms with E-state index in [0.717, 1.165) is 33.4 Å². The van der Waals surface area contributed by atoms with Gasteiger partial charge in [-0.05, 0) is 40.7 Å². The molecule has 2 aromatic heterocycles. The second kappa shape index (κ2) is 5.42. The molecule has 104 valence electrons. The molecule has 20 heavy (non-hydrogen) atoms. The molecule has 1 atom stereocenters. The summed E-state index contributed by atoms with van der Waals surface area (Å²) in [5, 5.41) is 8.79. The van der Waals surface area contributed by atoms with Crippen LogP contribution >= 0.6 is 15.9 Å². The fraction of sp³-hybridized carbons (Fsp3) is 0.267. The summed E-state index contributed by atoms with van der Waals surface area (Å²) in [6, 6.07) is 10.2. The Balaban J connectivity index is 2.10. The first-order chi connectivity index (χ1) is 9.70. The molecule has 0 aliphatic rings. The van der Waals surface area contributed by atoms with Crippen LogP contribution in [0.3, 0.4) is 0 Å². The zero-order valence-electron chi connectivity index (χ0n) is 11.4. The molecule has 1 N–H and O–H groups in total. The smallest absolute Gasteiger partial charge is 0.148 e. The summed E-state index contributed by atoms with van der Waals surface area (Å²) in [6.07, 6.45) is 1.80. The number of halogens is 1. The third kappa shape index (κ3) is 2.27. The number of benzene rings is 1. The van der Waals surface area contributed by atoms with Crippen molar-refractivity contribution < 1.29 is 4.42 Å². The van der Waals surface area contributed by atoms with Crippen LogP contribution in [0.5, 0.6) is 0 Å². The zero-order chi connectivity index (χ0) is 14.1. The van der Waals surface area contributed by atoms with Crippen molar-refractivity contribution in [1.29, 1.82) is 0 Å². The Labute approximate surface area is 125 Å². The van der Waals surface area contributed by atoms with Gasteiger partial charge in [-0.15, -0.1) is 0 Å². The predicted octanol–water partition coefficient (Wildman–Crippen LogP) is 3.63. The molecule has 0 amide bonds. The Hall–Kier alpha value is -1.59. The maximum absolute atomic E-state index is 6.04. The van der Waals surface area contributed by atoms with Gasteiger partial charge in [-0.25, -0.2) is 0 Å². The first-order valence-electron chi connectivity index (χ1n) is 6.60. The third-order valence-corrected chi connectivity index (χ3v) is 3.99. The number of rotatable bonds is 4. The van der Waals surface area contributed by atoms with E-state index in [1.54, 1.807) is 6.20 Å². The maximum atomic E-state index is 6.04. The van der Waals surface area contributed by atoms with E-state index in [2.05, 4.69) is 45.4 Å². The summed E-state index contributed by atoms with van der Waals surface area (Å²) < 4.78 is 8.89. The number of aryl methyl sites for hydroxylation is 1. The van der Waals surface area contributed by atoms with E-state index in [1.165, 1.54) is 0 Å². The number of fused-ring (bicyclic) bond motifs is 1. The lowest BCUT2D eigenvalue weighted by Crippen LogP contribution is -2.23. The fourth-order valence-electron chi connectivity index (χ4n) is 2.41. The summed E-state index contributed by atoms with van der Waals surface area (Å²) in [7, 11) is 1.94. The van der Waals surface area contributed by atoms with Gasteiger partial charge >= 0.3 is 0 Å². The maximum Gasteiger partial charge on any atom is 0.148 e. The van der Waals surface area contributed by atoms with Gasteiger partial charge in [0.1, 0.15) is 17.4 Å². The first kappa shape index (κ1) is 13.4. The van der Waals surface area contributed by atoms with E-state index in [4.69, 9.17) is 4.42 Å². The number of aromatic nitrogens is 2. The predicted molar refractivity (Wildman–Crippen MR) is 82.6 cm³/mol. The number of furan rings is 1. The van der Waals surface area contributed by atoms with E-state index in [-0.39, 0.29) is 6.04 Å². The molecule has 0 spiro atoms. The van der Waals surface area contributed by atoms with Crippen molar-refractivity contribution in [3.8, 4) is 0 Å². The van der Waals surface area contributed by atoms with E-state index in [1.807, 2.05) is 29.9 Å². The quantitative estimate of drug-likeness (QED) is 0.792. The van der Waals surface area contributed by atoms with Crippen LogP contribution in [-0.4, -0.2) is 16.3 Å². The lowest BCUT2D eigenvalue weighted by atomic mass is 10.1. The fourth-order valence-corrected chi connectivity index (χ4v) is 2.87. The van der Waals surface area contributed by atoms with Crippen LogP contribution in [0.4, 0.5) is 0 Å². The van der Waals surface area contributed by atoms with Crippen molar-refractivity contribution >= 4 is 26.9 Å². The van der Waals surface area contributed by atoms with Crippen LogP contribution in [-0.2, 0) is 7.05 Å². The highest BCUT2D eigenvalue weighted by atomic mass is 79.9. The highest BCUT2D eigenvalue weighted by molar-refractivity contribution is 9.10. The lowest BCUT2D eigenvalue weighted by Gasteiger charge is -2.15. The number of nitrogens with one attached hydrogen (secondary N) is 1. The van der Waals surface area contributed by atoms with Gasteiger partial charge < -0.3 is 9.73 Å². The second-order valence-electron chi connectivity index (χ2n) is 4.68. The van der Waals surface area contributed by atoms with Crippen molar-refractivity contribution in [3.63, 3.8) is 0 Å². The SMILES string of the molecule is CCNC(c1cc2cccc(Br)c2o1)c1ccnn1C. The van der Waals surface area contributed by atoms with Crippen molar-refractivity contribution in [2.24, 2.45) is 7.05 Å². The molecule has 0 aliphatic carbocycles. The number of nitrogens with zero attached hydrogens (tertiary/aromatic N) is 2.